The van der Waals surface area contributed by atoms with Crippen LogP contribution in [0.2, 0.25) is 0 Å². The molecule has 0 unspecified atom stereocenters. The Bertz CT molecular complexity index is 198. The Hall–Kier alpha value is -1.32. The first-order chi connectivity index (χ1) is 5.57. The highest BCUT2D eigenvalue weighted by Gasteiger charge is 2.02. The normalized spacial score (nSPS) is 10.2. The lowest BCUT2D eigenvalue weighted by Crippen LogP contribution is -2.25. The minimum absolute atomic E-state index is 0.278. The molecule has 0 rings (SSSR count). The Morgan fingerprint density at radius 2 is 2.00 bits per heavy atom. The van der Waals surface area contributed by atoms with Gasteiger partial charge in [0, 0.05) is 25.7 Å². The zero-order valence-corrected chi connectivity index (χ0v) is 7.28. The Labute approximate surface area is 71.5 Å². The number of carboxylic acids is 1. The first-order valence-electron chi connectivity index (χ1n) is 3.74. The largest absolute Gasteiger partial charge is 0.478 e. The van der Waals surface area contributed by atoms with E-state index >= 15 is 0 Å². The van der Waals surface area contributed by atoms with E-state index in [1.165, 1.54) is 4.90 Å². The molecule has 0 atom stereocenters. The first kappa shape index (κ1) is 10.7. The van der Waals surface area contributed by atoms with Crippen LogP contribution in [0, 0.1) is 0 Å². The molecule has 0 aliphatic heterocycles. The highest BCUT2D eigenvalue weighted by molar-refractivity contribution is 5.93. The summed E-state index contributed by atoms with van der Waals surface area (Å²) in [6, 6.07) is 0. The summed E-state index contributed by atoms with van der Waals surface area (Å²) in [7, 11) is 1.64. The monoisotopic (exact) mass is 171 g/mol. The third kappa shape index (κ3) is 4.49. The molecule has 0 aromatic heterocycles. The highest BCUT2D eigenvalue weighted by atomic mass is 16.4. The average Bonchev–Trinajstić information content (AvgIpc) is 2.00. The summed E-state index contributed by atoms with van der Waals surface area (Å²) in [5, 5.41) is 8.22. The van der Waals surface area contributed by atoms with Crippen LogP contribution in [-0.4, -0.2) is 35.5 Å². The van der Waals surface area contributed by atoms with Crippen molar-refractivity contribution >= 4 is 11.9 Å². The van der Waals surface area contributed by atoms with Crippen molar-refractivity contribution in [1.82, 2.24) is 4.90 Å². The fraction of sp³-hybridized carbons (Fsp3) is 0.500. The molecule has 0 aromatic carbocycles. The maximum absolute atomic E-state index is 11.0. The number of hydrogen-bond acceptors (Lipinski definition) is 2. The second kappa shape index (κ2) is 5.35. The van der Waals surface area contributed by atoms with Gasteiger partial charge in [0.2, 0.25) is 5.91 Å². The van der Waals surface area contributed by atoms with E-state index in [4.69, 9.17) is 5.11 Å². The van der Waals surface area contributed by atoms with Gasteiger partial charge in [-0.05, 0) is 6.42 Å². The molecule has 0 aromatic rings. The zero-order chi connectivity index (χ0) is 9.56. The molecule has 0 saturated carbocycles. The zero-order valence-electron chi connectivity index (χ0n) is 7.28. The van der Waals surface area contributed by atoms with E-state index in [0.29, 0.717) is 6.54 Å². The number of aliphatic carboxylic acids is 1. The molecule has 1 N–H and O–H groups in total. The fourth-order valence-electron chi connectivity index (χ4n) is 0.715. The lowest BCUT2D eigenvalue weighted by atomic mass is 10.4. The number of amides is 1. The summed E-state index contributed by atoms with van der Waals surface area (Å²) in [6.45, 7) is 2.59. The molecule has 0 radical (unpaired) electrons. The Morgan fingerprint density at radius 1 is 1.42 bits per heavy atom. The Balaban J connectivity index is 3.94. The smallest absolute Gasteiger partial charge is 0.328 e. The van der Waals surface area contributed by atoms with Crippen LogP contribution in [0.3, 0.4) is 0 Å². The van der Waals surface area contributed by atoms with Gasteiger partial charge in [-0.2, -0.15) is 0 Å². The molecule has 0 saturated heterocycles. The molecule has 1 amide bonds. The van der Waals surface area contributed by atoms with Crippen molar-refractivity contribution in [3.63, 3.8) is 0 Å². The maximum atomic E-state index is 11.0. The van der Waals surface area contributed by atoms with Crippen molar-refractivity contribution in [3.05, 3.63) is 12.2 Å². The minimum atomic E-state index is -1.10. The van der Waals surface area contributed by atoms with Gasteiger partial charge in [0.05, 0.1) is 0 Å². The van der Waals surface area contributed by atoms with E-state index in [1.807, 2.05) is 6.92 Å². The van der Waals surface area contributed by atoms with Crippen LogP contribution in [0.1, 0.15) is 13.3 Å². The van der Waals surface area contributed by atoms with Crippen molar-refractivity contribution < 1.29 is 14.7 Å². The van der Waals surface area contributed by atoms with E-state index in [2.05, 4.69) is 0 Å². The summed E-state index contributed by atoms with van der Waals surface area (Å²) in [5.41, 5.74) is 0. The number of hydrogen-bond donors (Lipinski definition) is 1. The van der Waals surface area contributed by atoms with Crippen molar-refractivity contribution in [2.24, 2.45) is 0 Å². The second-order valence-corrected chi connectivity index (χ2v) is 2.43. The van der Waals surface area contributed by atoms with E-state index in [1.54, 1.807) is 7.05 Å². The number of nitrogens with zero attached hydrogens (tertiary/aromatic N) is 1. The van der Waals surface area contributed by atoms with Crippen LogP contribution in [0.15, 0.2) is 12.2 Å². The predicted octanol–water partition coefficient (Wildman–Crippen LogP) is 0.496. The quantitative estimate of drug-likeness (QED) is 0.626. The van der Waals surface area contributed by atoms with Gasteiger partial charge in [0.25, 0.3) is 0 Å². The molecule has 4 heteroatoms. The van der Waals surface area contributed by atoms with Crippen LogP contribution >= 0.6 is 0 Å². The number of carbonyl (C=O) groups is 2. The van der Waals surface area contributed by atoms with Gasteiger partial charge in [-0.15, -0.1) is 0 Å². The number of likely N-dealkylation sites (N-methyl/N-ethyl adjacent to an activating group) is 1. The van der Waals surface area contributed by atoms with Gasteiger partial charge in [-0.3, -0.25) is 4.79 Å². The summed E-state index contributed by atoms with van der Waals surface area (Å²) in [4.78, 5) is 22.5. The molecule has 12 heavy (non-hydrogen) atoms. The predicted molar refractivity (Wildman–Crippen MR) is 44.7 cm³/mol. The van der Waals surface area contributed by atoms with Crippen LogP contribution in [-0.2, 0) is 9.59 Å². The van der Waals surface area contributed by atoms with Gasteiger partial charge >= 0.3 is 5.97 Å². The molecular weight excluding hydrogens is 158 g/mol. The maximum Gasteiger partial charge on any atom is 0.328 e. The van der Waals surface area contributed by atoms with Crippen LogP contribution in [0.5, 0.6) is 0 Å². The number of rotatable bonds is 4. The van der Waals surface area contributed by atoms with Crippen molar-refractivity contribution in [2.45, 2.75) is 13.3 Å². The number of carbonyl (C=O) groups excluding carboxylic acids is 1. The fourth-order valence-corrected chi connectivity index (χ4v) is 0.715. The summed E-state index contributed by atoms with van der Waals surface area (Å²) < 4.78 is 0. The molecule has 0 aliphatic rings. The van der Waals surface area contributed by atoms with Gasteiger partial charge in [0.1, 0.15) is 0 Å². The molecule has 0 aliphatic carbocycles. The third-order valence-electron chi connectivity index (χ3n) is 1.30. The third-order valence-corrected chi connectivity index (χ3v) is 1.30. The highest BCUT2D eigenvalue weighted by Crippen LogP contribution is 1.89. The van der Waals surface area contributed by atoms with Crippen LogP contribution in [0.25, 0.3) is 0 Å². The summed E-state index contributed by atoms with van der Waals surface area (Å²) in [5.74, 6) is -1.38. The molecule has 0 fully saturated rings. The Kier molecular flexibility index (Phi) is 4.76. The van der Waals surface area contributed by atoms with Crippen LogP contribution < -0.4 is 0 Å². The average molecular weight is 171 g/mol. The summed E-state index contributed by atoms with van der Waals surface area (Å²) >= 11 is 0. The molecule has 4 nitrogen and oxygen atoms in total. The molecular formula is C8H13NO3. The topological polar surface area (TPSA) is 57.6 Å². The number of carboxylic acid groups (broad SMARTS) is 1. The van der Waals surface area contributed by atoms with Gasteiger partial charge in [-0.1, -0.05) is 6.92 Å². The second-order valence-electron chi connectivity index (χ2n) is 2.43. The van der Waals surface area contributed by atoms with Gasteiger partial charge in [-0.25, -0.2) is 4.79 Å². The van der Waals surface area contributed by atoms with E-state index in [-0.39, 0.29) is 5.91 Å². The SMILES string of the molecule is CCCN(C)C(=O)C=CC(=O)O. The standard InChI is InChI=1S/C8H13NO3/c1-3-6-9(2)7(10)4-5-8(11)12/h4-5H,3,6H2,1-2H3,(H,11,12). The minimum Gasteiger partial charge on any atom is -0.478 e. The lowest BCUT2D eigenvalue weighted by Gasteiger charge is -2.12. The lowest BCUT2D eigenvalue weighted by molar-refractivity contribution is -0.132. The van der Waals surface area contributed by atoms with Crippen molar-refractivity contribution in [3.8, 4) is 0 Å². The Morgan fingerprint density at radius 3 is 2.42 bits per heavy atom. The van der Waals surface area contributed by atoms with Crippen molar-refractivity contribution in [1.29, 1.82) is 0 Å². The first-order valence-corrected chi connectivity index (χ1v) is 3.74. The molecule has 0 bridgehead atoms. The molecule has 68 valence electrons. The van der Waals surface area contributed by atoms with E-state index in [0.717, 1.165) is 18.6 Å². The van der Waals surface area contributed by atoms with Crippen molar-refractivity contribution in [2.75, 3.05) is 13.6 Å². The van der Waals surface area contributed by atoms with Gasteiger partial charge in [0.15, 0.2) is 0 Å². The molecule has 0 spiro atoms. The van der Waals surface area contributed by atoms with Crippen LogP contribution in [0.4, 0.5) is 0 Å². The van der Waals surface area contributed by atoms with Gasteiger partial charge < -0.3 is 10.0 Å². The molecule has 0 heterocycles. The van der Waals surface area contributed by atoms with E-state index in [9.17, 15) is 9.59 Å². The summed E-state index contributed by atoms with van der Waals surface area (Å²) in [6.07, 6.45) is 2.76. The van der Waals surface area contributed by atoms with E-state index < -0.39 is 5.97 Å².